The monoisotopic (exact) mass is 869 g/mol. The molecule has 4 aromatic carbocycles. The molecule has 3 fully saturated rings. The van der Waals surface area contributed by atoms with E-state index in [1.807, 2.05) is 78.9 Å². The predicted octanol–water partition coefficient (Wildman–Crippen LogP) is 9.73. The van der Waals surface area contributed by atoms with Crippen molar-refractivity contribution in [1.29, 1.82) is 0 Å². The molecule has 13 heteroatoms. The number of phenols is 1. The van der Waals surface area contributed by atoms with Crippen molar-refractivity contribution in [2.24, 2.45) is 5.92 Å². The Labute approximate surface area is 368 Å². The number of aromatic hydroxyl groups is 1. The van der Waals surface area contributed by atoms with Crippen LogP contribution in [0.1, 0.15) is 69.2 Å². The van der Waals surface area contributed by atoms with Gasteiger partial charge in [-0.1, -0.05) is 87.5 Å². The number of amides is 1. The number of nitrogens with one attached hydrogen (secondary N) is 2. The molecule has 9 rings (SSSR count). The largest absolute Gasteiger partial charge is 0.506 e. The molecule has 0 saturated carbocycles. The quantitative estimate of drug-likeness (QED) is 0.0584. The van der Waals surface area contributed by atoms with Crippen molar-refractivity contribution >= 4 is 48.2 Å². The zero-order valence-corrected chi connectivity index (χ0v) is 37.9. The number of nitrogens with zero attached hydrogens (tertiary/aromatic N) is 3. The van der Waals surface area contributed by atoms with Crippen molar-refractivity contribution in [2.75, 3.05) is 31.1 Å². The standard InChI is InChI=1S/C50H59N5O7Si/c1-50(2,3)63(4,5)62-45(38-18-21-43(56)47-39(38)19-22-46(57)52-47)31-51-30-34-16-20-40-44(29-34)61-49(60)54(40)25-11-7-8-12-33-15-17-37(35-13-9-6-10-14-35)41(28-33)55(48(58)59)42-32-53-26-23-36(42)24-27-53/h6,8-10,12-22,28-29,36,42,45,51,56H,7,11,23-27,30-32H2,1-5H3,(H,52,57)(H,58,59)/b12-8+/t42-,45-/m0/s1. The second-order valence-electron chi connectivity index (χ2n) is 18.6. The predicted molar refractivity (Wildman–Crippen MR) is 253 cm³/mol. The molecule has 2 bridgehead atoms. The molecule has 5 heterocycles. The van der Waals surface area contributed by atoms with Crippen molar-refractivity contribution in [1.82, 2.24) is 19.8 Å². The van der Waals surface area contributed by atoms with Gasteiger partial charge in [0.15, 0.2) is 13.9 Å². The first-order valence-corrected chi connectivity index (χ1v) is 25.0. The Kier molecular flexibility index (Phi) is 12.7. The highest BCUT2D eigenvalue weighted by molar-refractivity contribution is 6.74. The summed E-state index contributed by atoms with van der Waals surface area (Å²) in [7, 11) is -2.25. The van der Waals surface area contributed by atoms with E-state index >= 15 is 0 Å². The van der Waals surface area contributed by atoms with Crippen LogP contribution in [0.5, 0.6) is 5.75 Å². The Morgan fingerprint density at radius 1 is 1.02 bits per heavy atom. The number of fused-ring (bicyclic) bond motifs is 5. The number of aromatic amines is 1. The number of hydrogen-bond acceptors (Lipinski definition) is 8. The number of hydrogen-bond donors (Lipinski definition) is 4. The van der Waals surface area contributed by atoms with Gasteiger partial charge in [0.25, 0.3) is 0 Å². The third-order valence-electron chi connectivity index (χ3n) is 13.5. The molecule has 0 aliphatic carbocycles. The number of piperidine rings is 3. The van der Waals surface area contributed by atoms with E-state index in [2.05, 4.69) is 55.1 Å². The number of carbonyl (C=O) groups is 1. The Bertz CT molecular complexity index is 2740. The number of benzene rings is 4. The number of aryl methyl sites for hydroxylation is 1. The zero-order valence-electron chi connectivity index (χ0n) is 36.9. The fourth-order valence-electron chi connectivity index (χ4n) is 9.02. The van der Waals surface area contributed by atoms with E-state index in [-0.39, 0.29) is 28.5 Å². The summed E-state index contributed by atoms with van der Waals surface area (Å²) in [6, 6.07) is 28.5. The summed E-state index contributed by atoms with van der Waals surface area (Å²) < 4.78 is 14.4. The number of aromatic nitrogens is 2. The van der Waals surface area contributed by atoms with Crippen LogP contribution in [0.4, 0.5) is 10.5 Å². The summed E-state index contributed by atoms with van der Waals surface area (Å²) in [6.45, 7) is 15.3. The Hall–Kier alpha value is -5.73. The Balaban J connectivity index is 0.936. The molecule has 1 amide bonds. The molecule has 4 N–H and O–H groups in total. The highest BCUT2D eigenvalue weighted by Crippen LogP contribution is 2.42. The van der Waals surface area contributed by atoms with Gasteiger partial charge >= 0.3 is 11.8 Å². The first-order valence-electron chi connectivity index (χ1n) is 22.1. The number of H-pyrrole nitrogens is 1. The highest BCUT2D eigenvalue weighted by atomic mass is 28.4. The first kappa shape index (κ1) is 43.9. The zero-order chi connectivity index (χ0) is 44.5. The number of carboxylic acid groups (broad SMARTS) is 1. The van der Waals surface area contributed by atoms with Crippen LogP contribution in [0.25, 0.3) is 39.2 Å². The second-order valence-corrected chi connectivity index (χ2v) is 23.4. The molecule has 12 nitrogen and oxygen atoms in total. The SMILES string of the molecule is CC(C)(C)[Si](C)(C)O[C@@H](CNCc1ccc2c(c1)oc(=O)n2CCC/C=C/c1ccc(-c2ccccc2)c(N(C(=O)O)[C@H]2CN3CCC2CC3)c1)c1ccc(O)c2[nH]c(=O)ccc12. The molecular formula is C50H59N5O7Si. The molecule has 3 saturated heterocycles. The number of phenolic OH excluding ortho intramolecular Hbond substituents is 1. The summed E-state index contributed by atoms with van der Waals surface area (Å²) in [5.74, 6) is -0.0473. The molecule has 3 aliphatic heterocycles. The van der Waals surface area contributed by atoms with Gasteiger partial charge in [0, 0.05) is 43.2 Å². The molecular weight excluding hydrogens is 811 g/mol. The van der Waals surface area contributed by atoms with Gasteiger partial charge in [0.2, 0.25) is 5.56 Å². The average molecular weight is 870 g/mol. The smallest absolute Gasteiger partial charge is 0.419 e. The summed E-state index contributed by atoms with van der Waals surface area (Å²) >= 11 is 0. The summed E-state index contributed by atoms with van der Waals surface area (Å²) in [5, 5.41) is 25.5. The fraction of sp³-hybridized carbons (Fsp3) is 0.380. The van der Waals surface area contributed by atoms with Crippen LogP contribution in [-0.2, 0) is 17.5 Å². The summed E-state index contributed by atoms with van der Waals surface area (Å²) in [5.41, 5.74) is 6.70. The molecule has 0 unspecified atom stereocenters. The maximum atomic E-state index is 13.1. The maximum absolute atomic E-state index is 13.1. The van der Waals surface area contributed by atoms with Gasteiger partial charge in [-0.3, -0.25) is 14.3 Å². The van der Waals surface area contributed by atoms with Crippen LogP contribution in [0.3, 0.4) is 0 Å². The van der Waals surface area contributed by atoms with Gasteiger partial charge in [-0.05, 0) is 115 Å². The van der Waals surface area contributed by atoms with Gasteiger partial charge in [-0.2, -0.15) is 0 Å². The van der Waals surface area contributed by atoms with Crippen molar-refractivity contribution in [2.45, 2.75) is 89.8 Å². The van der Waals surface area contributed by atoms with Crippen LogP contribution >= 0.6 is 0 Å². The minimum Gasteiger partial charge on any atom is -0.506 e. The Morgan fingerprint density at radius 2 is 1.79 bits per heavy atom. The van der Waals surface area contributed by atoms with Crippen molar-refractivity contribution < 1.29 is 23.9 Å². The number of pyridine rings is 1. The molecule has 2 atom stereocenters. The van der Waals surface area contributed by atoms with Gasteiger partial charge in [0.1, 0.15) is 5.75 Å². The third kappa shape index (κ3) is 9.47. The van der Waals surface area contributed by atoms with Gasteiger partial charge in [0.05, 0.1) is 28.9 Å². The normalized spacial score (nSPS) is 18.4. The maximum Gasteiger partial charge on any atom is 0.419 e. The van der Waals surface area contributed by atoms with E-state index in [9.17, 15) is 24.6 Å². The lowest BCUT2D eigenvalue weighted by molar-refractivity contribution is 0.0838. The van der Waals surface area contributed by atoms with Crippen LogP contribution in [0.2, 0.25) is 18.1 Å². The minimum atomic E-state index is -2.25. The average Bonchev–Trinajstić information content (AvgIpc) is 3.57. The van der Waals surface area contributed by atoms with Crippen molar-refractivity contribution in [3.8, 4) is 16.9 Å². The third-order valence-corrected chi connectivity index (χ3v) is 18.0. The summed E-state index contributed by atoms with van der Waals surface area (Å²) in [4.78, 5) is 45.0. The number of rotatable bonds is 15. The van der Waals surface area contributed by atoms with Crippen LogP contribution in [-0.4, -0.2) is 71.3 Å². The second kappa shape index (κ2) is 18.2. The van der Waals surface area contributed by atoms with E-state index in [0.29, 0.717) is 55.2 Å². The molecule has 330 valence electrons. The topological polar surface area (TPSA) is 153 Å². The number of allylic oxidation sites excluding steroid dienone is 1. The molecule has 2 aromatic heterocycles. The lowest BCUT2D eigenvalue weighted by atomic mass is 9.82. The minimum absolute atomic E-state index is 0.00720. The van der Waals surface area contributed by atoms with E-state index in [0.717, 1.165) is 71.2 Å². The molecule has 63 heavy (non-hydrogen) atoms. The lowest BCUT2D eigenvalue weighted by Crippen LogP contribution is -2.59. The molecule has 3 aliphatic rings. The summed E-state index contributed by atoms with van der Waals surface area (Å²) in [6.07, 6.45) is 6.29. The molecule has 6 aromatic rings. The lowest BCUT2D eigenvalue weighted by Gasteiger charge is -2.48. The van der Waals surface area contributed by atoms with E-state index < -0.39 is 20.2 Å². The molecule has 0 radical (unpaired) electrons. The van der Waals surface area contributed by atoms with Gasteiger partial charge in [-0.15, -0.1) is 0 Å². The number of oxazole rings is 1. The van der Waals surface area contributed by atoms with Gasteiger partial charge in [-0.25, -0.2) is 9.59 Å². The van der Waals surface area contributed by atoms with E-state index in [4.69, 9.17) is 8.84 Å². The number of anilines is 1. The first-order chi connectivity index (χ1) is 30.2. The van der Waals surface area contributed by atoms with Crippen LogP contribution < -0.4 is 21.5 Å². The van der Waals surface area contributed by atoms with Crippen molar-refractivity contribution in [3.63, 3.8) is 0 Å². The van der Waals surface area contributed by atoms with E-state index in [1.165, 1.54) is 6.07 Å². The van der Waals surface area contributed by atoms with Crippen LogP contribution in [0, 0.1) is 5.92 Å². The Morgan fingerprint density at radius 3 is 2.51 bits per heavy atom. The van der Waals surface area contributed by atoms with Crippen molar-refractivity contribution in [3.05, 3.63) is 135 Å². The molecule has 0 spiro atoms. The van der Waals surface area contributed by atoms with Gasteiger partial charge < -0.3 is 34.3 Å². The highest BCUT2D eigenvalue weighted by Gasteiger charge is 2.41. The number of unbranched alkanes of at least 4 members (excludes halogenated alkanes) is 1. The fourth-order valence-corrected chi connectivity index (χ4v) is 10.3. The van der Waals surface area contributed by atoms with E-state index in [1.54, 1.807) is 21.6 Å². The van der Waals surface area contributed by atoms with Crippen LogP contribution in [0.15, 0.2) is 111 Å².